The number of amides is 2. The van der Waals surface area contributed by atoms with Crippen molar-refractivity contribution in [2.24, 2.45) is 0 Å². The maximum absolute atomic E-state index is 13.5. The zero-order valence-corrected chi connectivity index (χ0v) is 24.5. The van der Waals surface area contributed by atoms with Gasteiger partial charge >= 0.3 is 0 Å². The summed E-state index contributed by atoms with van der Waals surface area (Å²) in [6.07, 6.45) is 1.62. The fraction of sp³-hybridized carbons (Fsp3) is 0.129. The number of hydrogen-bond donors (Lipinski definition) is 1. The van der Waals surface area contributed by atoms with Crippen LogP contribution in [0.1, 0.15) is 22.5 Å². The van der Waals surface area contributed by atoms with E-state index in [0.717, 1.165) is 38.4 Å². The molecular formula is C31H26BrN3O4S. The van der Waals surface area contributed by atoms with Crippen molar-refractivity contribution in [2.45, 2.75) is 20.5 Å². The predicted octanol–water partition coefficient (Wildman–Crippen LogP) is 6.28. The van der Waals surface area contributed by atoms with Crippen molar-refractivity contribution in [1.29, 1.82) is 0 Å². The second kappa shape index (κ2) is 11.5. The second-order valence-corrected chi connectivity index (χ2v) is 10.5. The summed E-state index contributed by atoms with van der Waals surface area (Å²) in [6.45, 7) is 4.40. The molecule has 1 fully saturated rings. The van der Waals surface area contributed by atoms with E-state index in [4.69, 9.17) is 21.7 Å². The first-order valence-electron chi connectivity index (χ1n) is 12.5. The van der Waals surface area contributed by atoms with E-state index in [2.05, 4.69) is 25.8 Å². The van der Waals surface area contributed by atoms with Gasteiger partial charge < -0.3 is 14.0 Å². The van der Waals surface area contributed by atoms with Gasteiger partial charge in [0, 0.05) is 21.5 Å². The molecule has 1 aliphatic heterocycles. The maximum atomic E-state index is 13.5. The maximum Gasteiger partial charge on any atom is 0.270 e. The third-order valence-corrected chi connectivity index (χ3v) is 7.43. The summed E-state index contributed by atoms with van der Waals surface area (Å²) in [5.41, 5.74) is 5.16. The van der Waals surface area contributed by atoms with Gasteiger partial charge in [-0.1, -0.05) is 28.1 Å². The molecule has 7 nitrogen and oxygen atoms in total. The van der Waals surface area contributed by atoms with E-state index in [9.17, 15) is 9.59 Å². The summed E-state index contributed by atoms with van der Waals surface area (Å²) >= 11 is 8.76. The normalized spacial score (nSPS) is 14.4. The molecule has 0 atom stereocenters. The lowest BCUT2D eigenvalue weighted by Crippen LogP contribution is -2.54. The van der Waals surface area contributed by atoms with Gasteiger partial charge in [-0.3, -0.25) is 19.8 Å². The molecule has 1 aromatic heterocycles. The van der Waals surface area contributed by atoms with E-state index in [1.165, 1.54) is 4.90 Å². The van der Waals surface area contributed by atoms with Crippen molar-refractivity contribution in [3.8, 4) is 17.2 Å². The lowest BCUT2D eigenvalue weighted by atomic mass is 10.1. The summed E-state index contributed by atoms with van der Waals surface area (Å²) in [5, 5.41) is 2.67. The summed E-state index contributed by atoms with van der Waals surface area (Å²) in [7, 11) is 1.57. The Balaban J connectivity index is 1.38. The van der Waals surface area contributed by atoms with Gasteiger partial charge in [-0.15, -0.1) is 0 Å². The zero-order valence-electron chi connectivity index (χ0n) is 22.1. The molecule has 3 aromatic carbocycles. The van der Waals surface area contributed by atoms with E-state index in [-0.39, 0.29) is 10.7 Å². The Kier molecular flexibility index (Phi) is 7.86. The van der Waals surface area contributed by atoms with Gasteiger partial charge in [0.05, 0.1) is 12.8 Å². The molecular weight excluding hydrogens is 590 g/mol. The second-order valence-electron chi connectivity index (χ2n) is 9.23. The van der Waals surface area contributed by atoms with Crippen LogP contribution in [0.2, 0.25) is 0 Å². The zero-order chi connectivity index (χ0) is 28.4. The summed E-state index contributed by atoms with van der Waals surface area (Å²) < 4.78 is 14.2. The van der Waals surface area contributed by atoms with Crippen molar-refractivity contribution in [3.05, 3.63) is 111 Å². The number of halogens is 1. The van der Waals surface area contributed by atoms with E-state index in [1.54, 1.807) is 37.5 Å². The Bertz CT molecular complexity index is 1630. The molecule has 5 rings (SSSR count). The summed E-state index contributed by atoms with van der Waals surface area (Å²) in [4.78, 5) is 27.6. The van der Waals surface area contributed by atoms with Crippen molar-refractivity contribution >= 4 is 56.8 Å². The molecule has 2 heterocycles. The Morgan fingerprint density at radius 2 is 1.52 bits per heavy atom. The van der Waals surface area contributed by atoms with Gasteiger partial charge in [-0.2, -0.15) is 0 Å². The number of aryl methyl sites for hydroxylation is 1. The van der Waals surface area contributed by atoms with Crippen LogP contribution in [0.3, 0.4) is 0 Å². The number of carbonyl (C=O) groups excluding carboxylic acids is 2. The van der Waals surface area contributed by atoms with Gasteiger partial charge in [0.1, 0.15) is 23.7 Å². The van der Waals surface area contributed by atoms with E-state index < -0.39 is 11.8 Å². The first kappa shape index (κ1) is 27.4. The fourth-order valence-electron chi connectivity index (χ4n) is 4.55. The molecule has 1 aliphatic rings. The number of nitrogens with zero attached hydrogens (tertiary/aromatic N) is 2. The average Bonchev–Trinajstić information content (AvgIpc) is 3.23. The summed E-state index contributed by atoms with van der Waals surface area (Å²) in [5.74, 6) is 0.388. The number of carbonyl (C=O) groups is 2. The number of hydrogen-bond acceptors (Lipinski definition) is 5. The molecule has 202 valence electrons. The number of aromatic nitrogens is 1. The van der Waals surface area contributed by atoms with Gasteiger partial charge in [0.15, 0.2) is 5.11 Å². The molecule has 40 heavy (non-hydrogen) atoms. The topological polar surface area (TPSA) is 72.8 Å². The Morgan fingerprint density at radius 1 is 0.900 bits per heavy atom. The molecule has 0 saturated carbocycles. The van der Waals surface area contributed by atoms with Gasteiger partial charge in [-0.25, -0.2) is 0 Å². The van der Waals surface area contributed by atoms with Crippen molar-refractivity contribution in [1.82, 2.24) is 9.88 Å². The van der Waals surface area contributed by atoms with Gasteiger partial charge in [-0.05, 0) is 110 Å². The predicted molar refractivity (Wildman–Crippen MR) is 163 cm³/mol. The van der Waals surface area contributed by atoms with Crippen LogP contribution < -0.4 is 19.7 Å². The lowest BCUT2D eigenvalue weighted by Gasteiger charge is -2.29. The molecule has 0 spiro atoms. The molecule has 0 bridgehead atoms. The molecule has 1 saturated heterocycles. The van der Waals surface area contributed by atoms with Crippen molar-refractivity contribution in [2.75, 3.05) is 12.0 Å². The monoisotopic (exact) mass is 615 g/mol. The molecule has 0 unspecified atom stereocenters. The highest BCUT2D eigenvalue weighted by Gasteiger charge is 2.34. The number of ether oxygens (including phenoxy) is 2. The first-order chi connectivity index (χ1) is 19.2. The Labute approximate surface area is 246 Å². The first-order valence-corrected chi connectivity index (χ1v) is 13.7. The molecule has 1 N–H and O–H groups in total. The van der Waals surface area contributed by atoms with Crippen LogP contribution in [0.5, 0.6) is 11.5 Å². The molecule has 0 radical (unpaired) electrons. The van der Waals surface area contributed by atoms with Gasteiger partial charge in [0.25, 0.3) is 11.8 Å². The minimum Gasteiger partial charge on any atom is -0.497 e. The highest BCUT2D eigenvalue weighted by molar-refractivity contribution is 9.10. The number of benzene rings is 3. The molecule has 0 aliphatic carbocycles. The third-order valence-electron chi connectivity index (χ3n) is 6.62. The van der Waals surface area contributed by atoms with Crippen LogP contribution in [-0.2, 0) is 16.2 Å². The van der Waals surface area contributed by atoms with E-state index in [1.807, 2.05) is 68.4 Å². The standard InChI is InChI=1S/C31H26BrN3O4S/c1-19-16-22(17-28-29(36)33-31(40)35(30(28)37)25-8-12-26(38-3)13-9-25)20(2)34(19)24-10-14-27(15-11-24)39-18-21-4-6-23(32)7-5-21/h4-17H,18H2,1-3H3,(H,33,36,40)/b28-17+. The smallest absolute Gasteiger partial charge is 0.270 e. The van der Waals surface area contributed by atoms with Crippen molar-refractivity contribution in [3.63, 3.8) is 0 Å². The Hall–Kier alpha value is -4.21. The molecule has 4 aromatic rings. The van der Waals surface area contributed by atoms with Crippen LogP contribution in [0.25, 0.3) is 11.8 Å². The number of nitrogens with one attached hydrogen (secondary N) is 1. The number of rotatable bonds is 7. The minimum atomic E-state index is -0.531. The van der Waals surface area contributed by atoms with Crippen LogP contribution in [0, 0.1) is 13.8 Å². The van der Waals surface area contributed by atoms with E-state index >= 15 is 0 Å². The van der Waals surface area contributed by atoms with Crippen molar-refractivity contribution < 1.29 is 19.1 Å². The largest absolute Gasteiger partial charge is 0.497 e. The third kappa shape index (κ3) is 5.57. The minimum absolute atomic E-state index is 0.00126. The van der Waals surface area contributed by atoms with Crippen LogP contribution in [-0.4, -0.2) is 28.6 Å². The highest BCUT2D eigenvalue weighted by atomic mass is 79.9. The highest BCUT2D eigenvalue weighted by Crippen LogP contribution is 2.28. The quantitative estimate of drug-likeness (QED) is 0.151. The molecule has 9 heteroatoms. The van der Waals surface area contributed by atoms with Crippen LogP contribution in [0.15, 0.2) is 88.9 Å². The van der Waals surface area contributed by atoms with Gasteiger partial charge in [0.2, 0.25) is 0 Å². The number of methoxy groups -OCH3 is 1. The SMILES string of the molecule is COc1ccc(N2C(=O)/C(=C/c3cc(C)n(-c4ccc(OCc5ccc(Br)cc5)cc4)c3C)C(=O)NC2=S)cc1. The summed E-state index contributed by atoms with van der Waals surface area (Å²) in [6, 6.07) is 24.7. The fourth-order valence-corrected chi connectivity index (χ4v) is 5.09. The van der Waals surface area contributed by atoms with E-state index in [0.29, 0.717) is 18.0 Å². The van der Waals surface area contributed by atoms with Crippen LogP contribution >= 0.6 is 28.1 Å². The Morgan fingerprint density at radius 3 is 2.17 bits per heavy atom. The average molecular weight is 617 g/mol. The van der Waals surface area contributed by atoms with Crippen LogP contribution in [0.4, 0.5) is 5.69 Å². The number of thiocarbonyl (C=S) groups is 1. The lowest BCUT2D eigenvalue weighted by molar-refractivity contribution is -0.122. The number of anilines is 1. The molecule has 2 amide bonds.